The first kappa shape index (κ1) is 25.8. The second kappa shape index (κ2) is 13.2. The molecule has 1 aromatic carbocycles. The molecule has 0 bridgehead atoms. The Morgan fingerprint density at radius 3 is 2.65 bits per heavy atom. The van der Waals surface area contributed by atoms with Crippen molar-refractivity contribution < 1.29 is 14.4 Å². The van der Waals surface area contributed by atoms with Crippen molar-refractivity contribution in [3.8, 4) is 0 Å². The van der Waals surface area contributed by atoms with Gasteiger partial charge in [-0.15, -0.1) is 0 Å². The van der Waals surface area contributed by atoms with Crippen LogP contribution in [0.25, 0.3) is 10.9 Å². The number of unbranched alkanes of at least 4 members (excludes halogenated alkanes) is 2. The first-order valence-corrected chi connectivity index (χ1v) is 12.6. The van der Waals surface area contributed by atoms with E-state index in [0.717, 1.165) is 61.7 Å². The molecule has 2 N–H and O–H groups in total. The number of piperidine rings is 1. The molecule has 2 heterocycles. The highest BCUT2D eigenvalue weighted by molar-refractivity contribution is 5.88. The Kier molecular flexibility index (Phi) is 10.0. The van der Waals surface area contributed by atoms with Gasteiger partial charge in [0.15, 0.2) is 0 Å². The number of rotatable bonds is 12. The van der Waals surface area contributed by atoms with Gasteiger partial charge < -0.3 is 15.5 Å². The van der Waals surface area contributed by atoms with E-state index in [1.54, 1.807) is 6.20 Å². The van der Waals surface area contributed by atoms with Gasteiger partial charge in [0.05, 0.1) is 5.52 Å². The number of amides is 2. The lowest BCUT2D eigenvalue weighted by Crippen LogP contribution is -2.49. The fourth-order valence-corrected chi connectivity index (χ4v) is 4.38. The SMILES string of the molecule is CCC(=O)CCCCC[C@H](NC(=O)C1CCN(C)CC1)C(=O)NCc1cnc2ccccc2c1. The molecule has 1 aromatic heterocycles. The average Bonchev–Trinajstić information content (AvgIpc) is 2.86. The zero-order valence-electron chi connectivity index (χ0n) is 20.5. The molecule has 1 saturated heterocycles. The van der Waals surface area contributed by atoms with Crippen molar-refractivity contribution >= 4 is 28.5 Å². The van der Waals surface area contributed by atoms with E-state index in [4.69, 9.17) is 0 Å². The molecular weight excluding hydrogens is 428 g/mol. The van der Waals surface area contributed by atoms with Crippen LogP contribution in [0.3, 0.4) is 0 Å². The van der Waals surface area contributed by atoms with Crippen LogP contribution in [-0.4, -0.2) is 53.7 Å². The molecule has 0 spiro atoms. The van der Waals surface area contributed by atoms with Crippen LogP contribution in [0, 0.1) is 5.92 Å². The van der Waals surface area contributed by atoms with Crippen LogP contribution < -0.4 is 10.6 Å². The van der Waals surface area contributed by atoms with Crippen molar-refractivity contribution in [2.24, 2.45) is 5.92 Å². The van der Waals surface area contributed by atoms with E-state index in [9.17, 15) is 14.4 Å². The van der Waals surface area contributed by atoms with E-state index in [0.29, 0.717) is 25.8 Å². The number of hydrogen-bond acceptors (Lipinski definition) is 5. The molecule has 34 heavy (non-hydrogen) atoms. The fraction of sp³-hybridized carbons (Fsp3) is 0.556. The highest BCUT2D eigenvalue weighted by atomic mass is 16.2. The number of nitrogens with one attached hydrogen (secondary N) is 2. The predicted octanol–water partition coefficient (Wildman–Crippen LogP) is 3.61. The quantitative estimate of drug-likeness (QED) is 0.466. The van der Waals surface area contributed by atoms with E-state index in [1.165, 1.54) is 0 Å². The number of nitrogens with zero attached hydrogens (tertiary/aromatic N) is 2. The average molecular weight is 467 g/mol. The number of carbonyl (C=O) groups is 3. The molecule has 184 valence electrons. The minimum Gasteiger partial charge on any atom is -0.350 e. The van der Waals surface area contributed by atoms with E-state index < -0.39 is 6.04 Å². The number of carbonyl (C=O) groups excluding carboxylic acids is 3. The molecule has 0 radical (unpaired) electrons. The number of para-hydroxylation sites is 1. The minimum absolute atomic E-state index is 0.0261. The number of hydrogen-bond donors (Lipinski definition) is 2. The van der Waals surface area contributed by atoms with Gasteiger partial charge in [-0.1, -0.05) is 38.0 Å². The first-order chi connectivity index (χ1) is 16.5. The standard InChI is InChI=1S/C27H38N4O3/c1-3-23(32)10-5-4-6-12-25(30-26(33)21-13-15-31(2)16-14-21)27(34)29-19-20-17-22-9-7-8-11-24(22)28-18-20/h7-9,11,17-18,21,25H,3-6,10,12-16,19H2,1-2H3,(H,29,34)(H,30,33)/t25-/m0/s1. The smallest absolute Gasteiger partial charge is 0.242 e. The van der Waals surface area contributed by atoms with Crippen LogP contribution in [0.15, 0.2) is 36.5 Å². The largest absolute Gasteiger partial charge is 0.350 e. The molecule has 7 nitrogen and oxygen atoms in total. The van der Waals surface area contributed by atoms with Gasteiger partial charge in [-0.05, 0) is 63.5 Å². The van der Waals surface area contributed by atoms with E-state index in [1.807, 2.05) is 37.3 Å². The summed E-state index contributed by atoms with van der Waals surface area (Å²) >= 11 is 0. The van der Waals surface area contributed by atoms with Crippen molar-refractivity contribution in [2.45, 2.75) is 70.9 Å². The topological polar surface area (TPSA) is 91.4 Å². The maximum absolute atomic E-state index is 13.1. The number of ketones is 1. The fourth-order valence-electron chi connectivity index (χ4n) is 4.38. The second-order valence-electron chi connectivity index (χ2n) is 9.38. The number of aromatic nitrogens is 1. The summed E-state index contributed by atoms with van der Waals surface area (Å²) in [5, 5.41) is 7.05. The molecule has 1 aliphatic heterocycles. The van der Waals surface area contributed by atoms with Gasteiger partial charge >= 0.3 is 0 Å². The highest BCUT2D eigenvalue weighted by Crippen LogP contribution is 2.17. The van der Waals surface area contributed by atoms with Crippen molar-refractivity contribution in [2.75, 3.05) is 20.1 Å². The molecule has 1 aliphatic rings. The third-order valence-electron chi connectivity index (χ3n) is 6.68. The molecular formula is C27H38N4O3. The minimum atomic E-state index is -0.567. The van der Waals surface area contributed by atoms with Crippen LogP contribution in [0.5, 0.6) is 0 Å². The van der Waals surface area contributed by atoms with Crippen molar-refractivity contribution in [3.05, 3.63) is 42.1 Å². The molecule has 7 heteroatoms. The Hall–Kier alpha value is -2.80. The Morgan fingerprint density at radius 1 is 1.12 bits per heavy atom. The third kappa shape index (κ3) is 7.90. The zero-order valence-corrected chi connectivity index (χ0v) is 20.5. The molecule has 2 aromatic rings. The van der Waals surface area contributed by atoms with Crippen molar-refractivity contribution in [3.63, 3.8) is 0 Å². The van der Waals surface area contributed by atoms with Crippen LogP contribution in [0.1, 0.15) is 63.9 Å². The molecule has 0 aliphatic carbocycles. The van der Waals surface area contributed by atoms with Gasteiger partial charge in [0, 0.05) is 36.9 Å². The summed E-state index contributed by atoms with van der Waals surface area (Å²) in [4.78, 5) is 44.2. The van der Waals surface area contributed by atoms with Gasteiger partial charge in [0.2, 0.25) is 11.8 Å². The first-order valence-electron chi connectivity index (χ1n) is 12.6. The van der Waals surface area contributed by atoms with Gasteiger partial charge in [-0.3, -0.25) is 19.4 Å². The second-order valence-corrected chi connectivity index (χ2v) is 9.38. The monoisotopic (exact) mass is 466 g/mol. The van der Waals surface area contributed by atoms with Crippen molar-refractivity contribution in [1.29, 1.82) is 0 Å². The lowest BCUT2D eigenvalue weighted by Gasteiger charge is -2.29. The zero-order chi connectivity index (χ0) is 24.3. The summed E-state index contributed by atoms with van der Waals surface area (Å²) in [7, 11) is 2.06. The Balaban J connectivity index is 1.56. The number of fused-ring (bicyclic) bond motifs is 1. The summed E-state index contributed by atoms with van der Waals surface area (Å²) in [5.74, 6) is 0.0353. The summed E-state index contributed by atoms with van der Waals surface area (Å²) < 4.78 is 0. The van der Waals surface area contributed by atoms with Gasteiger partial charge in [-0.2, -0.15) is 0 Å². The molecule has 2 amide bonds. The van der Waals surface area contributed by atoms with Crippen LogP contribution >= 0.6 is 0 Å². The summed E-state index contributed by atoms with van der Waals surface area (Å²) in [6.45, 7) is 4.04. The molecule has 1 atom stereocenters. The highest BCUT2D eigenvalue weighted by Gasteiger charge is 2.27. The number of pyridine rings is 1. The van der Waals surface area contributed by atoms with E-state index in [-0.39, 0.29) is 23.5 Å². The summed E-state index contributed by atoms with van der Waals surface area (Å²) in [5.41, 5.74) is 1.84. The normalized spacial score (nSPS) is 15.7. The molecule has 3 rings (SSSR count). The van der Waals surface area contributed by atoms with Crippen molar-refractivity contribution in [1.82, 2.24) is 20.5 Å². The maximum Gasteiger partial charge on any atom is 0.242 e. The maximum atomic E-state index is 13.1. The van der Waals surface area contributed by atoms with E-state index >= 15 is 0 Å². The lowest BCUT2D eigenvalue weighted by molar-refractivity contribution is -0.132. The van der Waals surface area contributed by atoms with Crippen LogP contribution in [-0.2, 0) is 20.9 Å². The number of likely N-dealkylation sites (tertiary alicyclic amines) is 1. The van der Waals surface area contributed by atoms with E-state index in [2.05, 4.69) is 27.6 Å². The number of Topliss-reactive ketones (excluding diaryl/α,β-unsaturated/α-hetero) is 1. The number of benzene rings is 1. The Labute approximate surface area is 202 Å². The predicted molar refractivity (Wildman–Crippen MR) is 134 cm³/mol. The van der Waals surface area contributed by atoms with Gasteiger partial charge in [-0.25, -0.2) is 0 Å². The summed E-state index contributed by atoms with van der Waals surface area (Å²) in [6, 6.07) is 9.34. The van der Waals surface area contributed by atoms with Gasteiger partial charge in [0.25, 0.3) is 0 Å². The molecule has 1 fully saturated rings. The summed E-state index contributed by atoms with van der Waals surface area (Å²) in [6.07, 6.45) is 7.63. The van der Waals surface area contributed by atoms with Crippen LogP contribution in [0.2, 0.25) is 0 Å². The van der Waals surface area contributed by atoms with Gasteiger partial charge in [0.1, 0.15) is 11.8 Å². The van der Waals surface area contributed by atoms with Crippen LogP contribution in [0.4, 0.5) is 0 Å². The lowest BCUT2D eigenvalue weighted by atomic mass is 9.95. The Bertz CT molecular complexity index is 969. The molecule has 0 saturated carbocycles. The third-order valence-corrected chi connectivity index (χ3v) is 6.68. The molecule has 0 unspecified atom stereocenters. The Morgan fingerprint density at radius 2 is 1.88 bits per heavy atom.